The summed E-state index contributed by atoms with van der Waals surface area (Å²) in [4.78, 5) is 37.8. The van der Waals surface area contributed by atoms with Gasteiger partial charge in [0.15, 0.2) is 6.10 Å². The summed E-state index contributed by atoms with van der Waals surface area (Å²) >= 11 is 0. The van der Waals surface area contributed by atoms with Gasteiger partial charge in [0.1, 0.15) is 11.5 Å². The van der Waals surface area contributed by atoms with Crippen LogP contribution in [0.2, 0.25) is 0 Å². The second kappa shape index (κ2) is 11.3. The molecule has 4 rings (SSSR count). The van der Waals surface area contributed by atoms with E-state index in [1.54, 1.807) is 68.9 Å². The number of methoxy groups -OCH3 is 1. The fraction of sp³-hybridized carbons (Fsp3) is 0.308. The molecule has 0 bridgehead atoms. The largest absolute Gasteiger partial charge is 0.497 e. The molecule has 182 valence electrons. The van der Waals surface area contributed by atoms with Crippen molar-refractivity contribution in [3.8, 4) is 11.5 Å². The maximum Gasteiger partial charge on any atom is 0.265 e. The molecule has 1 aliphatic rings. The molecule has 9 heteroatoms. The van der Waals surface area contributed by atoms with Gasteiger partial charge < -0.3 is 24.6 Å². The van der Waals surface area contributed by atoms with Crippen LogP contribution in [0.5, 0.6) is 11.5 Å². The van der Waals surface area contributed by atoms with Crippen molar-refractivity contribution in [1.82, 2.24) is 14.9 Å². The van der Waals surface area contributed by atoms with Crippen molar-refractivity contribution in [1.29, 1.82) is 0 Å². The summed E-state index contributed by atoms with van der Waals surface area (Å²) in [5.74, 6) is 1.82. The Hall–Kier alpha value is -4.14. The lowest BCUT2D eigenvalue weighted by Gasteiger charge is -2.34. The van der Waals surface area contributed by atoms with Crippen LogP contribution >= 0.6 is 0 Å². The Labute approximate surface area is 204 Å². The van der Waals surface area contributed by atoms with Crippen LogP contribution in [0, 0.1) is 0 Å². The third-order valence-corrected chi connectivity index (χ3v) is 5.79. The van der Waals surface area contributed by atoms with E-state index < -0.39 is 6.10 Å². The first-order valence-electron chi connectivity index (χ1n) is 11.5. The molecule has 0 saturated carbocycles. The lowest BCUT2D eigenvalue weighted by molar-refractivity contribution is -0.130. The first-order valence-corrected chi connectivity index (χ1v) is 11.5. The fourth-order valence-corrected chi connectivity index (χ4v) is 3.76. The highest BCUT2D eigenvalue weighted by Gasteiger charge is 2.22. The average molecular weight is 476 g/mol. The van der Waals surface area contributed by atoms with Crippen LogP contribution in [0.3, 0.4) is 0 Å². The van der Waals surface area contributed by atoms with Gasteiger partial charge in [-0.15, -0.1) is 0 Å². The molecule has 1 fully saturated rings. The summed E-state index contributed by atoms with van der Waals surface area (Å²) < 4.78 is 10.8. The van der Waals surface area contributed by atoms with Crippen LogP contribution < -0.4 is 19.7 Å². The lowest BCUT2D eigenvalue weighted by Crippen LogP contribution is -2.49. The summed E-state index contributed by atoms with van der Waals surface area (Å²) in [7, 11) is 1.59. The number of hydrogen-bond acceptors (Lipinski definition) is 7. The van der Waals surface area contributed by atoms with Gasteiger partial charge in [-0.25, -0.2) is 9.97 Å². The van der Waals surface area contributed by atoms with E-state index in [1.165, 1.54) is 0 Å². The molecule has 0 aliphatic carbocycles. The Morgan fingerprint density at radius 1 is 0.943 bits per heavy atom. The first-order chi connectivity index (χ1) is 17.0. The Balaban J connectivity index is 1.24. The van der Waals surface area contributed by atoms with E-state index in [2.05, 4.69) is 20.2 Å². The normalized spacial score (nSPS) is 14.2. The van der Waals surface area contributed by atoms with Crippen LogP contribution in [0.25, 0.3) is 0 Å². The number of anilines is 2. The van der Waals surface area contributed by atoms with Gasteiger partial charge in [-0.2, -0.15) is 0 Å². The molecule has 1 unspecified atom stereocenters. The van der Waals surface area contributed by atoms with Crippen molar-refractivity contribution in [2.45, 2.75) is 19.4 Å². The predicted octanol–water partition coefficient (Wildman–Crippen LogP) is 2.78. The first kappa shape index (κ1) is 24.0. The van der Waals surface area contributed by atoms with Gasteiger partial charge in [-0.1, -0.05) is 12.1 Å². The van der Waals surface area contributed by atoms with Crippen LogP contribution in [-0.2, 0) is 16.0 Å². The third-order valence-electron chi connectivity index (χ3n) is 5.79. The molecule has 2 heterocycles. The molecule has 2 amide bonds. The Morgan fingerprint density at radius 2 is 1.57 bits per heavy atom. The molecule has 1 saturated heterocycles. The van der Waals surface area contributed by atoms with Crippen molar-refractivity contribution >= 4 is 23.5 Å². The molecule has 35 heavy (non-hydrogen) atoms. The van der Waals surface area contributed by atoms with E-state index in [9.17, 15) is 9.59 Å². The molecule has 0 spiro atoms. The maximum atomic E-state index is 12.8. The predicted molar refractivity (Wildman–Crippen MR) is 133 cm³/mol. The van der Waals surface area contributed by atoms with Gasteiger partial charge in [0, 0.05) is 44.3 Å². The molecule has 1 N–H and O–H groups in total. The topological polar surface area (TPSA) is 96.9 Å². The summed E-state index contributed by atoms with van der Waals surface area (Å²) in [5.41, 5.74) is 1.54. The van der Waals surface area contributed by atoms with Crippen molar-refractivity contribution in [2.24, 2.45) is 0 Å². The standard InChI is InChI=1S/C26H29N5O4/c1-19(35-23-10-8-22(34-2)9-11-23)25(33)29-21-6-4-20(5-7-21)18-24(32)30-14-16-31(17-15-30)26-27-12-3-13-28-26/h3-13,19H,14-18H2,1-2H3,(H,29,33). The molecule has 1 atom stereocenters. The minimum atomic E-state index is -0.676. The number of aromatic nitrogens is 2. The molecule has 1 aliphatic heterocycles. The van der Waals surface area contributed by atoms with Crippen LogP contribution in [0.4, 0.5) is 11.6 Å². The number of carbonyl (C=O) groups excluding carboxylic acids is 2. The summed E-state index contributed by atoms with van der Waals surface area (Å²) in [6, 6.07) is 16.2. The minimum Gasteiger partial charge on any atom is -0.497 e. The SMILES string of the molecule is COc1ccc(OC(C)C(=O)Nc2ccc(CC(=O)N3CCN(c4ncccn4)CC3)cc2)cc1. The van der Waals surface area contributed by atoms with Crippen LogP contribution in [-0.4, -0.2) is 66.1 Å². The summed E-state index contributed by atoms with van der Waals surface area (Å²) in [5, 5.41) is 2.85. The number of nitrogens with zero attached hydrogens (tertiary/aromatic N) is 4. The van der Waals surface area contributed by atoms with Gasteiger partial charge in [0.25, 0.3) is 5.91 Å². The van der Waals surface area contributed by atoms with E-state index in [0.29, 0.717) is 50.0 Å². The maximum absolute atomic E-state index is 12.8. The second-order valence-electron chi connectivity index (χ2n) is 8.22. The molecule has 1 aromatic heterocycles. The van der Waals surface area contributed by atoms with Crippen molar-refractivity contribution < 1.29 is 19.1 Å². The highest BCUT2D eigenvalue weighted by atomic mass is 16.5. The van der Waals surface area contributed by atoms with Gasteiger partial charge in [-0.05, 0) is 55.0 Å². The highest BCUT2D eigenvalue weighted by molar-refractivity contribution is 5.94. The average Bonchev–Trinajstić information content (AvgIpc) is 2.90. The molecule has 0 radical (unpaired) electrons. The highest BCUT2D eigenvalue weighted by Crippen LogP contribution is 2.19. The molecule has 9 nitrogen and oxygen atoms in total. The number of benzene rings is 2. The Bertz CT molecular complexity index is 1110. The number of hydrogen-bond donors (Lipinski definition) is 1. The minimum absolute atomic E-state index is 0.0805. The third kappa shape index (κ3) is 6.47. The smallest absolute Gasteiger partial charge is 0.265 e. The van der Waals surface area contributed by atoms with E-state index in [-0.39, 0.29) is 11.8 Å². The number of carbonyl (C=O) groups is 2. The second-order valence-corrected chi connectivity index (χ2v) is 8.22. The zero-order valence-corrected chi connectivity index (χ0v) is 19.9. The number of amides is 2. The van der Waals surface area contributed by atoms with E-state index in [0.717, 1.165) is 11.3 Å². The number of ether oxygens (including phenoxy) is 2. The van der Waals surface area contributed by atoms with Crippen molar-refractivity contribution in [3.63, 3.8) is 0 Å². The van der Waals surface area contributed by atoms with Gasteiger partial charge in [-0.3, -0.25) is 9.59 Å². The van der Waals surface area contributed by atoms with E-state index in [4.69, 9.17) is 9.47 Å². The Kier molecular flexibility index (Phi) is 7.77. The number of nitrogens with one attached hydrogen (secondary N) is 1. The quantitative estimate of drug-likeness (QED) is 0.535. The fourth-order valence-electron chi connectivity index (χ4n) is 3.76. The van der Waals surface area contributed by atoms with E-state index >= 15 is 0 Å². The zero-order valence-electron chi connectivity index (χ0n) is 19.9. The van der Waals surface area contributed by atoms with Crippen LogP contribution in [0.15, 0.2) is 67.0 Å². The van der Waals surface area contributed by atoms with Gasteiger partial charge >= 0.3 is 0 Å². The van der Waals surface area contributed by atoms with Crippen molar-refractivity contribution in [2.75, 3.05) is 43.5 Å². The Morgan fingerprint density at radius 3 is 2.20 bits per heavy atom. The molecule has 3 aromatic rings. The van der Waals surface area contributed by atoms with Gasteiger partial charge in [0.2, 0.25) is 11.9 Å². The monoisotopic (exact) mass is 475 g/mol. The number of piperazine rings is 1. The molecular formula is C26H29N5O4. The number of rotatable bonds is 8. The summed E-state index contributed by atoms with van der Waals surface area (Å²) in [6.07, 6.45) is 3.08. The molecule has 2 aromatic carbocycles. The van der Waals surface area contributed by atoms with Crippen LogP contribution in [0.1, 0.15) is 12.5 Å². The van der Waals surface area contributed by atoms with E-state index in [1.807, 2.05) is 17.0 Å². The lowest BCUT2D eigenvalue weighted by atomic mass is 10.1. The van der Waals surface area contributed by atoms with Crippen molar-refractivity contribution in [3.05, 3.63) is 72.6 Å². The zero-order chi connectivity index (χ0) is 24.6. The molecular weight excluding hydrogens is 446 g/mol. The van der Waals surface area contributed by atoms with Gasteiger partial charge in [0.05, 0.1) is 13.5 Å². The summed E-state index contributed by atoms with van der Waals surface area (Å²) in [6.45, 7) is 4.37.